The highest BCUT2D eigenvalue weighted by Crippen LogP contribution is 2.44. The molecule has 2 aliphatic heterocycles. The van der Waals surface area contributed by atoms with Crippen molar-refractivity contribution in [2.45, 2.75) is 89.8 Å². The molecule has 1 amide bonds. The normalized spacial score (nSPS) is 16.1. The van der Waals surface area contributed by atoms with Gasteiger partial charge in [-0.25, -0.2) is 4.79 Å². The van der Waals surface area contributed by atoms with Crippen LogP contribution < -0.4 is 11.1 Å². The van der Waals surface area contributed by atoms with Crippen molar-refractivity contribution in [2.24, 2.45) is 0 Å². The van der Waals surface area contributed by atoms with Gasteiger partial charge in [-0.15, -0.1) is 0 Å². The molecule has 4 aromatic carbocycles. The topological polar surface area (TPSA) is 159 Å². The van der Waals surface area contributed by atoms with Crippen LogP contribution in [-0.2, 0) is 40.1 Å². The Hall–Kier alpha value is -7.49. The van der Waals surface area contributed by atoms with Crippen molar-refractivity contribution in [1.82, 2.24) is 28.9 Å². The molecule has 3 N–H and O–H groups in total. The van der Waals surface area contributed by atoms with Crippen LogP contribution in [0.25, 0.3) is 44.1 Å². The number of carbonyl (C=O) groups excluding carboxylic acids is 3. The lowest BCUT2D eigenvalue weighted by Crippen LogP contribution is -2.38. The minimum Gasteiger partial charge on any atom is -0.444 e. The van der Waals surface area contributed by atoms with Gasteiger partial charge in [-0.05, 0) is 189 Å². The van der Waals surface area contributed by atoms with Crippen molar-refractivity contribution in [3.05, 3.63) is 168 Å². The molecule has 0 atom stereocenters. The molecule has 79 heavy (non-hydrogen) atoms. The van der Waals surface area contributed by atoms with Crippen LogP contribution in [0.1, 0.15) is 102 Å². The summed E-state index contributed by atoms with van der Waals surface area (Å²) in [5.41, 5.74) is 19.1. The Morgan fingerprint density at radius 2 is 1.01 bits per heavy atom. The number of pyridine rings is 2. The van der Waals surface area contributed by atoms with E-state index < -0.39 is 11.7 Å². The highest BCUT2D eigenvalue weighted by atomic mass is 16.6. The number of anilines is 2. The fourth-order valence-corrected chi connectivity index (χ4v) is 11.0. The zero-order chi connectivity index (χ0) is 54.5. The highest BCUT2D eigenvalue weighted by Gasteiger charge is 2.30. The Balaban J connectivity index is 0.000000170. The molecule has 2 saturated carbocycles. The Labute approximate surface area is 462 Å². The Morgan fingerprint density at radius 1 is 0.557 bits per heavy atom. The van der Waals surface area contributed by atoms with Crippen LogP contribution in [0, 0.1) is 0 Å². The van der Waals surface area contributed by atoms with Crippen molar-refractivity contribution in [3.63, 3.8) is 0 Å². The van der Waals surface area contributed by atoms with Crippen LogP contribution in [0.15, 0.2) is 134 Å². The van der Waals surface area contributed by atoms with Crippen molar-refractivity contribution in [2.75, 3.05) is 76.7 Å². The lowest BCUT2D eigenvalue weighted by Gasteiger charge is -2.27. The van der Waals surface area contributed by atoms with Crippen molar-refractivity contribution in [1.29, 1.82) is 0 Å². The number of fused-ring (bicyclic) bond motifs is 2. The summed E-state index contributed by atoms with van der Waals surface area (Å²) in [4.78, 5) is 52.9. The summed E-state index contributed by atoms with van der Waals surface area (Å²) in [6, 6.07) is 36.3. The maximum absolute atomic E-state index is 13.8. The molecule has 12 rings (SSSR count). The van der Waals surface area contributed by atoms with Gasteiger partial charge in [0.25, 0.3) is 0 Å². The Kier molecular flexibility index (Phi) is 16.2. The van der Waals surface area contributed by atoms with Gasteiger partial charge in [0.15, 0.2) is 11.6 Å². The lowest BCUT2D eigenvalue weighted by atomic mass is 9.97. The third-order valence-corrected chi connectivity index (χ3v) is 15.6. The molecule has 6 heterocycles. The molecule has 0 unspecified atom stereocenters. The Morgan fingerprint density at radius 3 is 1.48 bits per heavy atom. The number of morpholine rings is 2. The van der Waals surface area contributed by atoms with E-state index >= 15 is 0 Å². The number of ketones is 2. The van der Waals surface area contributed by atoms with E-state index in [9.17, 15) is 14.4 Å². The van der Waals surface area contributed by atoms with Gasteiger partial charge in [-0.3, -0.25) is 34.7 Å². The molecule has 2 aliphatic carbocycles. The summed E-state index contributed by atoms with van der Waals surface area (Å²) < 4.78 is 21.5. The molecular weight excluding hydrogens is 989 g/mol. The monoisotopic (exact) mass is 1060 g/mol. The maximum atomic E-state index is 13.8. The molecule has 4 fully saturated rings. The van der Waals surface area contributed by atoms with Crippen LogP contribution in [0.3, 0.4) is 0 Å². The number of nitrogens with one attached hydrogen (secondary N) is 1. The largest absolute Gasteiger partial charge is 0.444 e. The predicted octanol–water partition coefficient (Wildman–Crippen LogP) is 11.6. The zero-order valence-corrected chi connectivity index (χ0v) is 45.8. The number of ether oxygens (including phenoxy) is 3. The SMILES string of the molecule is CC(C)(C)OC(=O)Nc1ccc(-c2ccncc2)cc1CC(=O)c1ccc2c(c1)cc(C1CC1)n2CCN1CCOCC1.Nc1ccc(-c2ccncc2)cc1CC(=O)c1ccc2c(c1)cc(C1CC1)n2CCN1CCOCC1. The standard InChI is InChI=1S/C35H40N4O4.C30H32N4O2/c1-35(2,3)43-34(41)37-30-8-6-26(24-10-12-36-13-11-24)20-28(30)23-33(40)27-7-9-31-29(21-27)22-32(25-4-5-25)39(31)15-14-38-16-18-42-19-17-38;31-27-5-3-23(21-7-9-32-10-8-21)17-25(27)20-30(35)24-4-6-28-26(18-24)19-29(22-1-2-22)34(28)12-11-33-13-15-36-16-14-33/h6-13,20-22,25H,4-5,14-19,23H2,1-3H3,(H,37,41);3-10,17-19,22H,1-2,11-16,20,31H2. The van der Waals surface area contributed by atoms with Crippen molar-refractivity contribution in [3.8, 4) is 22.3 Å². The first-order valence-electron chi connectivity index (χ1n) is 28.1. The number of hydrogen-bond donors (Lipinski definition) is 2. The highest BCUT2D eigenvalue weighted by molar-refractivity contribution is 6.03. The van der Waals surface area contributed by atoms with Crippen LogP contribution in [0.5, 0.6) is 0 Å². The van der Waals surface area contributed by atoms with E-state index in [1.165, 1.54) is 48.1 Å². The molecule has 0 bridgehead atoms. The fraction of sp³-hybridized carbons (Fsp3) is 0.369. The van der Waals surface area contributed by atoms with E-state index in [2.05, 4.69) is 64.6 Å². The van der Waals surface area contributed by atoms with E-state index in [1.807, 2.05) is 99.6 Å². The molecule has 2 saturated heterocycles. The second-order valence-electron chi connectivity index (χ2n) is 22.5. The van der Waals surface area contributed by atoms with Gasteiger partial charge in [0.2, 0.25) is 0 Å². The third kappa shape index (κ3) is 13.3. The second kappa shape index (κ2) is 23.9. The van der Waals surface area contributed by atoms with Gasteiger partial charge in [-0.1, -0.05) is 12.1 Å². The summed E-state index contributed by atoms with van der Waals surface area (Å²) in [7, 11) is 0. The summed E-state index contributed by atoms with van der Waals surface area (Å²) in [5, 5.41) is 5.12. The van der Waals surface area contributed by atoms with Gasteiger partial charge >= 0.3 is 6.09 Å². The van der Waals surface area contributed by atoms with Crippen LogP contribution >= 0.6 is 0 Å². The zero-order valence-electron chi connectivity index (χ0n) is 45.8. The third-order valence-electron chi connectivity index (χ3n) is 15.6. The van der Waals surface area contributed by atoms with Crippen LogP contribution in [-0.4, -0.2) is 118 Å². The molecule has 0 radical (unpaired) electrons. The number of nitrogen functional groups attached to an aromatic ring is 1. The fourth-order valence-electron chi connectivity index (χ4n) is 11.0. The predicted molar refractivity (Wildman–Crippen MR) is 312 cm³/mol. The minimum absolute atomic E-state index is 0.00458. The minimum atomic E-state index is -0.635. The molecular formula is C65H72N8O6. The van der Waals surface area contributed by atoms with Gasteiger partial charge < -0.3 is 29.1 Å². The number of carbonyl (C=O) groups is 3. The number of nitrogens with zero attached hydrogens (tertiary/aromatic N) is 6. The van der Waals surface area contributed by atoms with Gasteiger partial charge in [-0.2, -0.15) is 0 Å². The first-order valence-corrected chi connectivity index (χ1v) is 28.1. The molecule has 408 valence electrons. The molecule has 14 nitrogen and oxygen atoms in total. The van der Waals surface area contributed by atoms with Crippen molar-refractivity contribution < 1.29 is 28.6 Å². The lowest BCUT2D eigenvalue weighted by molar-refractivity contribution is 0.0364. The molecule has 0 spiro atoms. The van der Waals surface area contributed by atoms with Crippen molar-refractivity contribution >= 4 is 50.8 Å². The number of amides is 1. The van der Waals surface area contributed by atoms with E-state index in [0.717, 1.165) is 129 Å². The number of nitrogens with two attached hydrogens (primary N) is 1. The summed E-state index contributed by atoms with van der Waals surface area (Å²) >= 11 is 0. The number of benzene rings is 4. The van der Waals surface area contributed by atoms with Gasteiger partial charge in [0.1, 0.15) is 5.60 Å². The average molecular weight is 1060 g/mol. The molecule has 4 aromatic heterocycles. The summed E-state index contributed by atoms with van der Waals surface area (Å²) in [5.74, 6) is 1.34. The van der Waals surface area contributed by atoms with Gasteiger partial charge in [0, 0.05) is 146 Å². The first kappa shape index (κ1) is 53.5. The summed E-state index contributed by atoms with van der Waals surface area (Å²) in [6.45, 7) is 16.6. The second-order valence-corrected chi connectivity index (χ2v) is 22.5. The molecule has 14 heteroatoms. The summed E-state index contributed by atoms with van der Waals surface area (Å²) in [6.07, 6.45) is 11.9. The number of Topliss-reactive ketones (excluding diaryl/α,β-unsaturated/α-hetero) is 2. The molecule has 4 aliphatic rings. The smallest absolute Gasteiger partial charge is 0.412 e. The van der Waals surface area contributed by atoms with Crippen LogP contribution in [0.4, 0.5) is 16.2 Å². The first-order chi connectivity index (χ1) is 38.4. The van der Waals surface area contributed by atoms with Gasteiger partial charge in [0.05, 0.1) is 26.4 Å². The average Bonchev–Trinajstić information content (AvgIpc) is 4.56. The van der Waals surface area contributed by atoms with Crippen LogP contribution in [0.2, 0.25) is 0 Å². The number of aromatic nitrogens is 4. The van der Waals surface area contributed by atoms with E-state index in [4.69, 9.17) is 19.9 Å². The number of rotatable bonds is 17. The quantitative estimate of drug-likeness (QED) is 0.0660. The Bertz CT molecular complexity index is 3450. The van der Waals surface area contributed by atoms with E-state index in [-0.39, 0.29) is 24.4 Å². The van der Waals surface area contributed by atoms with E-state index in [1.54, 1.807) is 24.8 Å². The number of hydrogen-bond acceptors (Lipinski definition) is 11. The maximum Gasteiger partial charge on any atom is 0.412 e. The van der Waals surface area contributed by atoms with E-state index in [0.29, 0.717) is 28.8 Å². The molecule has 8 aromatic rings.